The topological polar surface area (TPSA) is 127 Å². The van der Waals surface area contributed by atoms with Gasteiger partial charge in [0.1, 0.15) is 11.4 Å². The number of carbonyl (C=O) groups is 1. The molecule has 5 aromatic rings. The molecule has 0 aliphatic heterocycles. The van der Waals surface area contributed by atoms with Crippen molar-refractivity contribution in [3.63, 3.8) is 0 Å². The number of fused-ring (bicyclic) bond motifs is 2. The number of amides is 1. The van der Waals surface area contributed by atoms with E-state index in [2.05, 4.69) is 37.0 Å². The number of nitrogens with one attached hydrogen (secondary N) is 3. The summed E-state index contributed by atoms with van der Waals surface area (Å²) in [6.45, 7) is 4.32. The number of ether oxygens (including phenoxy) is 1. The Labute approximate surface area is 211 Å². The lowest BCUT2D eigenvalue weighted by molar-refractivity contribution is -0.274. The zero-order valence-electron chi connectivity index (χ0n) is 19.5. The number of hydrogen-bond acceptors (Lipinski definition) is 7. The Bertz CT molecular complexity index is 1720. The minimum absolute atomic E-state index is 0.0495. The SMILES string of the molecule is C=C(NCc1ccc2oc(=O)[nH]c2c1)c1cc(C(=O)NCc2cccc(OC(F)(F)F)c2)n2nccc2n1. The second-order valence-corrected chi connectivity index (χ2v) is 8.18. The lowest BCUT2D eigenvalue weighted by Crippen LogP contribution is -2.26. The van der Waals surface area contributed by atoms with Crippen molar-refractivity contribution in [3.05, 3.63) is 100 Å². The third-order valence-electron chi connectivity index (χ3n) is 5.48. The molecule has 10 nitrogen and oxygen atoms in total. The van der Waals surface area contributed by atoms with Crippen molar-refractivity contribution >= 4 is 28.4 Å². The van der Waals surface area contributed by atoms with Crippen LogP contribution < -0.4 is 21.1 Å². The van der Waals surface area contributed by atoms with Crippen LogP contribution in [0.4, 0.5) is 13.2 Å². The summed E-state index contributed by atoms with van der Waals surface area (Å²) in [5.41, 5.74) is 3.63. The van der Waals surface area contributed by atoms with Gasteiger partial charge < -0.3 is 19.8 Å². The molecule has 0 radical (unpaired) electrons. The average Bonchev–Trinajstić information content (AvgIpc) is 3.49. The van der Waals surface area contributed by atoms with E-state index in [-0.39, 0.29) is 18.0 Å². The zero-order valence-corrected chi connectivity index (χ0v) is 19.5. The van der Waals surface area contributed by atoms with E-state index in [0.717, 1.165) is 5.56 Å². The highest BCUT2D eigenvalue weighted by Gasteiger charge is 2.31. The minimum Gasteiger partial charge on any atom is -0.408 e. The maximum absolute atomic E-state index is 13.0. The van der Waals surface area contributed by atoms with E-state index in [1.54, 1.807) is 30.3 Å². The summed E-state index contributed by atoms with van der Waals surface area (Å²) in [7, 11) is 0. The lowest BCUT2D eigenvalue weighted by atomic mass is 10.2. The van der Waals surface area contributed by atoms with Crippen molar-refractivity contribution in [3.8, 4) is 5.75 Å². The first kappa shape index (κ1) is 24.6. The van der Waals surface area contributed by atoms with Crippen molar-refractivity contribution in [1.82, 2.24) is 30.2 Å². The Morgan fingerprint density at radius 3 is 2.68 bits per heavy atom. The molecular formula is C25H19F3N6O4. The molecule has 13 heteroatoms. The molecule has 38 heavy (non-hydrogen) atoms. The Hall–Kier alpha value is -5.07. The van der Waals surface area contributed by atoms with Gasteiger partial charge in [0.25, 0.3) is 5.91 Å². The van der Waals surface area contributed by atoms with Crippen molar-refractivity contribution in [1.29, 1.82) is 0 Å². The maximum Gasteiger partial charge on any atom is 0.573 e. The monoisotopic (exact) mass is 524 g/mol. The molecular weight excluding hydrogens is 505 g/mol. The van der Waals surface area contributed by atoms with Gasteiger partial charge in [-0.25, -0.2) is 14.3 Å². The number of alkyl halides is 3. The summed E-state index contributed by atoms with van der Waals surface area (Å²) in [6, 6.07) is 13.7. The average molecular weight is 524 g/mol. The molecule has 0 fully saturated rings. The van der Waals surface area contributed by atoms with Crippen LogP contribution in [0.1, 0.15) is 27.3 Å². The molecule has 0 unspecified atom stereocenters. The summed E-state index contributed by atoms with van der Waals surface area (Å²) in [6.07, 6.45) is -3.33. The minimum atomic E-state index is -4.82. The highest BCUT2D eigenvalue weighted by Crippen LogP contribution is 2.23. The Morgan fingerprint density at radius 1 is 1.08 bits per heavy atom. The highest BCUT2D eigenvalue weighted by atomic mass is 19.4. The van der Waals surface area contributed by atoms with Crippen molar-refractivity contribution in [2.24, 2.45) is 0 Å². The number of carbonyl (C=O) groups excluding carboxylic acids is 1. The van der Waals surface area contributed by atoms with Crippen LogP contribution in [0.25, 0.3) is 22.4 Å². The van der Waals surface area contributed by atoms with Crippen LogP contribution in [0, 0.1) is 0 Å². The third kappa shape index (κ3) is 5.51. The molecule has 194 valence electrons. The molecule has 5 rings (SSSR count). The van der Waals surface area contributed by atoms with Crippen molar-refractivity contribution in [2.75, 3.05) is 0 Å². The second kappa shape index (κ2) is 9.76. The normalized spacial score (nSPS) is 11.6. The Morgan fingerprint density at radius 2 is 1.87 bits per heavy atom. The van der Waals surface area contributed by atoms with Gasteiger partial charge in [-0.3, -0.25) is 9.78 Å². The predicted octanol–water partition coefficient (Wildman–Crippen LogP) is 3.75. The fourth-order valence-corrected chi connectivity index (χ4v) is 3.76. The van der Waals surface area contributed by atoms with Gasteiger partial charge in [-0.05, 0) is 41.5 Å². The quantitative estimate of drug-likeness (QED) is 0.282. The smallest absolute Gasteiger partial charge is 0.408 e. The van der Waals surface area contributed by atoms with Crippen LogP contribution in [0.2, 0.25) is 0 Å². The standard InChI is InChI=1S/C25H19F3N6O4/c1-14(29-12-16-5-6-21-19(10-16)33-24(36)37-21)18-11-20(34-22(32-18)7-8-31-34)23(35)30-13-15-3-2-4-17(9-15)38-25(26,27)28/h2-11,29H,1,12-13H2,(H,30,35)(H,33,36). The van der Waals surface area contributed by atoms with Crippen LogP contribution in [-0.2, 0) is 13.1 Å². The van der Waals surface area contributed by atoms with Gasteiger partial charge in [-0.1, -0.05) is 24.8 Å². The van der Waals surface area contributed by atoms with Crippen LogP contribution in [-0.4, -0.2) is 31.9 Å². The van der Waals surface area contributed by atoms with E-state index in [1.165, 1.54) is 35.0 Å². The van der Waals surface area contributed by atoms with E-state index in [9.17, 15) is 22.8 Å². The first-order valence-electron chi connectivity index (χ1n) is 11.2. The first-order valence-corrected chi connectivity index (χ1v) is 11.2. The van der Waals surface area contributed by atoms with Gasteiger partial charge >= 0.3 is 12.1 Å². The van der Waals surface area contributed by atoms with Gasteiger partial charge in [0.2, 0.25) is 0 Å². The number of oxazole rings is 1. The number of rotatable bonds is 8. The molecule has 1 amide bonds. The van der Waals surface area contributed by atoms with Crippen LogP contribution in [0.5, 0.6) is 5.75 Å². The number of aromatic amines is 1. The molecule has 0 spiro atoms. The van der Waals surface area contributed by atoms with E-state index >= 15 is 0 Å². The first-order chi connectivity index (χ1) is 18.1. The Balaban J connectivity index is 1.30. The number of hydrogen-bond donors (Lipinski definition) is 3. The van der Waals surface area contributed by atoms with Crippen LogP contribution >= 0.6 is 0 Å². The van der Waals surface area contributed by atoms with E-state index < -0.39 is 18.0 Å². The predicted molar refractivity (Wildman–Crippen MR) is 130 cm³/mol. The molecule has 3 aromatic heterocycles. The van der Waals surface area contributed by atoms with Crippen molar-refractivity contribution < 1.29 is 27.1 Å². The van der Waals surface area contributed by atoms with Crippen LogP contribution in [0.15, 0.2) is 76.6 Å². The van der Waals surface area contributed by atoms with E-state index in [1.807, 2.05) is 0 Å². The summed E-state index contributed by atoms with van der Waals surface area (Å²) in [5.74, 6) is -1.45. The molecule has 0 atom stereocenters. The van der Waals surface area contributed by atoms with E-state index in [0.29, 0.717) is 40.2 Å². The fraction of sp³-hybridized carbons (Fsp3) is 0.120. The molecule has 0 aliphatic carbocycles. The molecule has 3 heterocycles. The second-order valence-electron chi connectivity index (χ2n) is 8.18. The fourth-order valence-electron chi connectivity index (χ4n) is 3.76. The molecule has 3 N–H and O–H groups in total. The number of benzene rings is 2. The molecule has 0 aliphatic rings. The maximum atomic E-state index is 13.0. The van der Waals surface area contributed by atoms with E-state index in [4.69, 9.17) is 4.42 Å². The molecule has 2 aromatic carbocycles. The number of nitrogens with zero attached hydrogens (tertiary/aromatic N) is 3. The highest BCUT2D eigenvalue weighted by molar-refractivity contribution is 5.93. The van der Waals surface area contributed by atoms with Crippen molar-refractivity contribution in [2.45, 2.75) is 19.5 Å². The third-order valence-corrected chi connectivity index (χ3v) is 5.48. The number of aromatic nitrogens is 4. The largest absolute Gasteiger partial charge is 0.573 e. The molecule has 0 bridgehead atoms. The van der Waals surface area contributed by atoms with Gasteiger partial charge in [0, 0.05) is 19.2 Å². The van der Waals surface area contributed by atoms with Gasteiger partial charge in [-0.2, -0.15) is 5.10 Å². The number of H-pyrrole nitrogens is 1. The van der Waals surface area contributed by atoms with Crippen LogP contribution in [0.3, 0.4) is 0 Å². The molecule has 0 saturated carbocycles. The Kier molecular flexibility index (Phi) is 6.33. The summed E-state index contributed by atoms with van der Waals surface area (Å²) >= 11 is 0. The van der Waals surface area contributed by atoms with Gasteiger partial charge in [-0.15, -0.1) is 13.2 Å². The lowest BCUT2D eigenvalue weighted by Gasteiger charge is -2.13. The summed E-state index contributed by atoms with van der Waals surface area (Å²) in [4.78, 5) is 31.5. The zero-order chi connectivity index (χ0) is 26.9. The summed E-state index contributed by atoms with van der Waals surface area (Å²) < 4.78 is 47.8. The number of halogens is 3. The molecule has 0 saturated heterocycles. The summed E-state index contributed by atoms with van der Waals surface area (Å²) in [5, 5.41) is 9.96. The van der Waals surface area contributed by atoms with Gasteiger partial charge in [0.05, 0.1) is 23.1 Å². The van der Waals surface area contributed by atoms with Gasteiger partial charge in [0.15, 0.2) is 11.2 Å².